The highest BCUT2D eigenvalue weighted by molar-refractivity contribution is 5.20. The Balaban J connectivity index is 1.99. The van der Waals surface area contributed by atoms with Crippen molar-refractivity contribution in [1.29, 1.82) is 0 Å². The second kappa shape index (κ2) is 5.61. The Hall–Kier alpha value is -0.930. The predicted molar refractivity (Wildman–Crippen MR) is 66.3 cm³/mol. The Kier molecular flexibility index (Phi) is 4.13. The highest BCUT2D eigenvalue weighted by atomic mass is 19.1. The van der Waals surface area contributed by atoms with Gasteiger partial charge in [0.05, 0.1) is 6.61 Å². The molecule has 2 rings (SSSR count). The van der Waals surface area contributed by atoms with Crippen LogP contribution in [0.25, 0.3) is 0 Å². The van der Waals surface area contributed by atoms with Crippen LogP contribution >= 0.6 is 0 Å². The molecule has 0 amide bonds. The van der Waals surface area contributed by atoms with Crippen molar-refractivity contribution in [3.63, 3.8) is 0 Å². The molecule has 0 bridgehead atoms. The first kappa shape index (κ1) is 12.5. The third-order valence-corrected chi connectivity index (χ3v) is 3.37. The minimum absolute atomic E-state index is 0.0250. The van der Waals surface area contributed by atoms with Gasteiger partial charge >= 0.3 is 0 Å². The Labute approximate surface area is 102 Å². The lowest BCUT2D eigenvalue weighted by atomic mass is 10.1. The Morgan fingerprint density at radius 2 is 2.12 bits per heavy atom. The van der Waals surface area contributed by atoms with Gasteiger partial charge in [-0.25, -0.2) is 4.39 Å². The van der Waals surface area contributed by atoms with Crippen molar-refractivity contribution in [3.8, 4) is 0 Å². The topological polar surface area (TPSA) is 21.3 Å². The third-order valence-electron chi connectivity index (χ3n) is 3.37. The van der Waals surface area contributed by atoms with E-state index in [2.05, 4.69) is 5.32 Å². The molecule has 1 aromatic carbocycles. The lowest BCUT2D eigenvalue weighted by Crippen LogP contribution is -2.37. The second-order valence-electron chi connectivity index (χ2n) is 4.81. The van der Waals surface area contributed by atoms with E-state index >= 15 is 0 Å². The van der Waals surface area contributed by atoms with Gasteiger partial charge in [-0.15, -0.1) is 0 Å². The molecule has 0 heterocycles. The van der Waals surface area contributed by atoms with Crippen LogP contribution in [0.4, 0.5) is 4.39 Å². The van der Waals surface area contributed by atoms with Crippen LogP contribution < -0.4 is 5.32 Å². The third kappa shape index (κ3) is 3.27. The molecule has 1 unspecified atom stereocenters. The summed E-state index contributed by atoms with van der Waals surface area (Å²) in [6.45, 7) is 2.70. The standard InChI is InChI=1S/C14H20FNO/c1-10(12-5-3-4-6-13(12)15)16-14(9-17-2)11-7-8-11/h3-6,10-11,14,16H,7-9H2,1-2H3/t10-,14?/m1/s1. The van der Waals surface area contributed by atoms with Gasteiger partial charge in [0.15, 0.2) is 0 Å². The molecule has 3 heteroatoms. The van der Waals surface area contributed by atoms with Gasteiger partial charge in [0.25, 0.3) is 0 Å². The fourth-order valence-corrected chi connectivity index (χ4v) is 2.24. The SMILES string of the molecule is COCC(N[C@H](C)c1ccccc1F)C1CC1. The number of ether oxygens (including phenoxy) is 1. The normalized spacial score (nSPS) is 19.0. The summed E-state index contributed by atoms with van der Waals surface area (Å²) in [6.07, 6.45) is 2.51. The first-order valence-corrected chi connectivity index (χ1v) is 6.21. The van der Waals surface area contributed by atoms with E-state index in [0.29, 0.717) is 18.6 Å². The number of methoxy groups -OCH3 is 1. The number of hydrogen-bond acceptors (Lipinski definition) is 2. The van der Waals surface area contributed by atoms with E-state index in [9.17, 15) is 4.39 Å². The van der Waals surface area contributed by atoms with E-state index in [-0.39, 0.29) is 11.9 Å². The second-order valence-corrected chi connectivity index (χ2v) is 4.81. The van der Waals surface area contributed by atoms with E-state index in [1.165, 1.54) is 18.9 Å². The molecule has 2 nitrogen and oxygen atoms in total. The molecule has 0 radical (unpaired) electrons. The fraction of sp³-hybridized carbons (Fsp3) is 0.571. The van der Waals surface area contributed by atoms with E-state index in [1.54, 1.807) is 13.2 Å². The zero-order chi connectivity index (χ0) is 12.3. The van der Waals surface area contributed by atoms with Gasteiger partial charge in [-0.1, -0.05) is 18.2 Å². The smallest absolute Gasteiger partial charge is 0.127 e. The molecule has 1 fully saturated rings. The number of benzene rings is 1. The minimum atomic E-state index is -0.139. The summed E-state index contributed by atoms with van der Waals surface area (Å²) in [5.41, 5.74) is 0.731. The van der Waals surface area contributed by atoms with E-state index < -0.39 is 0 Å². The van der Waals surface area contributed by atoms with E-state index in [0.717, 1.165) is 5.56 Å². The Morgan fingerprint density at radius 1 is 1.41 bits per heavy atom. The van der Waals surface area contributed by atoms with Crippen LogP contribution in [0.1, 0.15) is 31.4 Å². The first-order valence-electron chi connectivity index (χ1n) is 6.21. The summed E-state index contributed by atoms with van der Waals surface area (Å²) in [7, 11) is 1.71. The van der Waals surface area contributed by atoms with Crippen molar-refractivity contribution >= 4 is 0 Å². The monoisotopic (exact) mass is 237 g/mol. The molecular weight excluding hydrogens is 217 g/mol. The molecule has 0 spiro atoms. The molecule has 1 aromatic rings. The molecule has 0 aromatic heterocycles. The quantitative estimate of drug-likeness (QED) is 0.821. The van der Waals surface area contributed by atoms with Crippen LogP contribution in [-0.2, 0) is 4.74 Å². The zero-order valence-corrected chi connectivity index (χ0v) is 10.4. The first-order chi connectivity index (χ1) is 8.22. The van der Waals surface area contributed by atoms with Gasteiger partial charge in [0.2, 0.25) is 0 Å². The number of nitrogens with one attached hydrogen (secondary N) is 1. The molecule has 1 N–H and O–H groups in total. The van der Waals surface area contributed by atoms with E-state index in [1.807, 2.05) is 19.1 Å². The summed E-state index contributed by atoms with van der Waals surface area (Å²) >= 11 is 0. The van der Waals surface area contributed by atoms with Crippen LogP contribution in [0.3, 0.4) is 0 Å². The van der Waals surface area contributed by atoms with Crippen molar-refractivity contribution in [2.45, 2.75) is 31.8 Å². The Bertz CT molecular complexity index is 365. The maximum absolute atomic E-state index is 13.6. The predicted octanol–water partition coefficient (Wildman–Crippen LogP) is 2.90. The van der Waals surface area contributed by atoms with Crippen LogP contribution in [-0.4, -0.2) is 19.8 Å². The number of hydrogen-bond donors (Lipinski definition) is 1. The molecule has 1 aliphatic carbocycles. The molecule has 94 valence electrons. The maximum Gasteiger partial charge on any atom is 0.127 e. The van der Waals surface area contributed by atoms with Gasteiger partial charge < -0.3 is 10.1 Å². The van der Waals surface area contributed by atoms with Gasteiger partial charge in [0.1, 0.15) is 5.82 Å². The van der Waals surface area contributed by atoms with E-state index in [4.69, 9.17) is 4.74 Å². The van der Waals surface area contributed by atoms with Crippen LogP contribution in [0.5, 0.6) is 0 Å². The van der Waals surface area contributed by atoms with Gasteiger partial charge in [0, 0.05) is 24.8 Å². The highest BCUT2D eigenvalue weighted by Crippen LogP contribution is 2.34. The Morgan fingerprint density at radius 3 is 2.71 bits per heavy atom. The minimum Gasteiger partial charge on any atom is -0.383 e. The number of rotatable bonds is 6. The van der Waals surface area contributed by atoms with Crippen LogP contribution in [0.15, 0.2) is 24.3 Å². The van der Waals surface area contributed by atoms with Crippen LogP contribution in [0.2, 0.25) is 0 Å². The van der Waals surface area contributed by atoms with Crippen molar-refractivity contribution in [3.05, 3.63) is 35.6 Å². The lowest BCUT2D eigenvalue weighted by Gasteiger charge is -2.23. The van der Waals surface area contributed by atoms with Crippen molar-refractivity contribution in [1.82, 2.24) is 5.32 Å². The lowest BCUT2D eigenvalue weighted by molar-refractivity contribution is 0.152. The van der Waals surface area contributed by atoms with Gasteiger partial charge in [-0.2, -0.15) is 0 Å². The zero-order valence-electron chi connectivity index (χ0n) is 10.4. The van der Waals surface area contributed by atoms with Crippen molar-refractivity contribution in [2.24, 2.45) is 5.92 Å². The summed E-state index contributed by atoms with van der Waals surface area (Å²) in [6, 6.07) is 7.31. The van der Waals surface area contributed by atoms with Crippen molar-refractivity contribution < 1.29 is 9.13 Å². The summed E-state index contributed by atoms with van der Waals surface area (Å²) in [4.78, 5) is 0. The highest BCUT2D eigenvalue weighted by Gasteiger charge is 2.32. The molecule has 0 saturated heterocycles. The number of halogens is 1. The largest absolute Gasteiger partial charge is 0.383 e. The average Bonchev–Trinajstić information content (AvgIpc) is 3.12. The molecule has 0 aliphatic heterocycles. The molecule has 2 atom stereocenters. The fourth-order valence-electron chi connectivity index (χ4n) is 2.24. The summed E-state index contributed by atoms with van der Waals surface area (Å²) in [5.74, 6) is 0.559. The van der Waals surface area contributed by atoms with Gasteiger partial charge in [-0.3, -0.25) is 0 Å². The molecule has 1 aliphatic rings. The molecular formula is C14H20FNO. The van der Waals surface area contributed by atoms with Crippen LogP contribution in [0, 0.1) is 11.7 Å². The summed E-state index contributed by atoms with van der Waals surface area (Å²) < 4.78 is 18.8. The maximum atomic E-state index is 13.6. The average molecular weight is 237 g/mol. The van der Waals surface area contributed by atoms with Gasteiger partial charge in [-0.05, 0) is 31.7 Å². The molecule has 17 heavy (non-hydrogen) atoms. The summed E-state index contributed by atoms with van der Waals surface area (Å²) in [5, 5.41) is 3.47. The van der Waals surface area contributed by atoms with Crippen molar-refractivity contribution in [2.75, 3.05) is 13.7 Å². The molecule has 1 saturated carbocycles.